The van der Waals surface area contributed by atoms with Crippen molar-refractivity contribution in [2.24, 2.45) is 0 Å². The van der Waals surface area contributed by atoms with E-state index >= 15 is 0 Å². The van der Waals surface area contributed by atoms with Crippen molar-refractivity contribution in [3.05, 3.63) is 53.8 Å². The monoisotopic (exact) mass is 337 g/mol. The Hall–Kier alpha value is -3.03. The molecule has 2 aromatic carbocycles. The van der Waals surface area contributed by atoms with Crippen LogP contribution in [0.5, 0.6) is 0 Å². The molecule has 126 valence electrons. The Morgan fingerprint density at radius 1 is 0.917 bits per heavy atom. The lowest BCUT2D eigenvalue weighted by Crippen LogP contribution is -2.22. The molecule has 0 aliphatic rings. The third-order valence-corrected chi connectivity index (χ3v) is 2.87. The molecule has 2 aromatic rings. The number of hydrogen-bond donors (Lipinski definition) is 3. The summed E-state index contributed by atoms with van der Waals surface area (Å²) in [6.07, 6.45) is 0. The number of benzene rings is 2. The van der Waals surface area contributed by atoms with Crippen LogP contribution in [0, 0.1) is 17.5 Å². The molecule has 0 atom stereocenters. The predicted molar refractivity (Wildman–Crippen MR) is 84.2 cm³/mol. The second-order valence-electron chi connectivity index (χ2n) is 4.94. The van der Waals surface area contributed by atoms with Crippen LogP contribution in [0.2, 0.25) is 0 Å². The van der Waals surface area contributed by atoms with E-state index in [9.17, 15) is 22.8 Å². The summed E-state index contributed by atoms with van der Waals surface area (Å²) < 4.78 is 39.8. The molecule has 2 rings (SSSR count). The van der Waals surface area contributed by atoms with Gasteiger partial charge in [0.05, 0.1) is 12.2 Å². The van der Waals surface area contributed by atoms with Gasteiger partial charge in [0, 0.05) is 24.4 Å². The first kappa shape index (κ1) is 17.3. The van der Waals surface area contributed by atoms with Gasteiger partial charge in [-0.1, -0.05) is 0 Å². The van der Waals surface area contributed by atoms with E-state index in [-0.39, 0.29) is 23.8 Å². The molecule has 0 aliphatic carbocycles. The van der Waals surface area contributed by atoms with E-state index in [1.807, 2.05) is 0 Å². The summed E-state index contributed by atoms with van der Waals surface area (Å²) >= 11 is 0. The summed E-state index contributed by atoms with van der Waals surface area (Å²) in [7, 11) is 0. The van der Waals surface area contributed by atoms with Gasteiger partial charge in [0.2, 0.25) is 11.8 Å². The van der Waals surface area contributed by atoms with E-state index in [0.29, 0.717) is 11.8 Å². The Balaban J connectivity index is 1.99. The zero-order valence-electron chi connectivity index (χ0n) is 12.6. The zero-order valence-corrected chi connectivity index (χ0v) is 12.6. The Labute approximate surface area is 135 Å². The van der Waals surface area contributed by atoms with Crippen LogP contribution in [0.4, 0.5) is 30.2 Å². The molecule has 0 radical (unpaired) electrons. The molecule has 0 unspecified atom stereocenters. The Morgan fingerprint density at radius 2 is 1.58 bits per heavy atom. The van der Waals surface area contributed by atoms with Crippen molar-refractivity contribution in [2.45, 2.75) is 6.92 Å². The molecule has 0 bridgehead atoms. The average Bonchev–Trinajstić information content (AvgIpc) is 2.46. The van der Waals surface area contributed by atoms with Crippen LogP contribution in [-0.4, -0.2) is 18.4 Å². The van der Waals surface area contributed by atoms with E-state index in [2.05, 4.69) is 16.0 Å². The van der Waals surface area contributed by atoms with Crippen LogP contribution in [0.15, 0.2) is 36.4 Å². The molecule has 0 aromatic heterocycles. The third-order valence-electron chi connectivity index (χ3n) is 2.87. The third kappa shape index (κ3) is 5.01. The van der Waals surface area contributed by atoms with Crippen LogP contribution in [0.25, 0.3) is 0 Å². The van der Waals surface area contributed by atoms with Gasteiger partial charge in [0.15, 0.2) is 0 Å². The van der Waals surface area contributed by atoms with Crippen LogP contribution >= 0.6 is 0 Å². The summed E-state index contributed by atoms with van der Waals surface area (Å²) in [6, 6.07) is 6.42. The number of anilines is 3. The van der Waals surface area contributed by atoms with E-state index in [1.165, 1.54) is 19.1 Å². The summed E-state index contributed by atoms with van der Waals surface area (Å²) in [5.41, 5.74) is 0.313. The summed E-state index contributed by atoms with van der Waals surface area (Å²) in [4.78, 5) is 22.8. The van der Waals surface area contributed by atoms with Gasteiger partial charge in [-0.05, 0) is 30.3 Å². The molecule has 8 heteroatoms. The molecule has 0 aliphatic heterocycles. The van der Waals surface area contributed by atoms with Gasteiger partial charge in [-0.3, -0.25) is 9.59 Å². The molecule has 0 fully saturated rings. The maximum Gasteiger partial charge on any atom is 0.243 e. The Kier molecular flexibility index (Phi) is 5.41. The van der Waals surface area contributed by atoms with Crippen molar-refractivity contribution in [1.29, 1.82) is 0 Å². The van der Waals surface area contributed by atoms with Gasteiger partial charge in [0.25, 0.3) is 0 Å². The molecule has 0 saturated heterocycles. The summed E-state index contributed by atoms with van der Waals surface area (Å²) in [5, 5.41) is 7.32. The second-order valence-corrected chi connectivity index (χ2v) is 4.94. The number of carbonyl (C=O) groups excluding carboxylic acids is 2. The molecule has 24 heavy (non-hydrogen) atoms. The Morgan fingerprint density at radius 3 is 2.21 bits per heavy atom. The maximum atomic E-state index is 13.7. The standard InChI is InChI=1S/C16H14F3N3O2/c1-9(23)21-12-2-3-14(19)15(7-12)20-8-16(24)22-13-5-10(17)4-11(18)6-13/h2-7,20H,8H2,1H3,(H,21,23)(H,22,24). The average molecular weight is 337 g/mol. The van der Waals surface area contributed by atoms with Gasteiger partial charge >= 0.3 is 0 Å². The first-order valence-corrected chi connectivity index (χ1v) is 6.90. The van der Waals surface area contributed by atoms with Gasteiger partial charge in [-0.15, -0.1) is 0 Å². The van der Waals surface area contributed by atoms with Gasteiger partial charge in [0.1, 0.15) is 17.5 Å². The predicted octanol–water partition coefficient (Wildman–Crippen LogP) is 3.11. The van der Waals surface area contributed by atoms with Crippen molar-refractivity contribution in [2.75, 3.05) is 22.5 Å². The number of amides is 2. The molecule has 5 nitrogen and oxygen atoms in total. The molecule has 2 amide bonds. The lowest BCUT2D eigenvalue weighted by Gasteiger charge is -2.10. The van der Waals surface area contributed by atoms with Crippen LogP contribution in [0.1, 0.15) is 6.92 Å². The minimum absolute atomic E-state index is 0.00169. The van der Waals surface area contributed by atoms with Crippen LogP contribution in [-0.2, 0) is 9.59 Å². The largest absolute Gasteiger partial charge is 0.374 e. The number of rotatable bonds is 5. The van der Waals surface area contributed by atoms with E-state index in [4.69, 9.17) is 0 Å². The van der Waals surface area contributed by atoms with Crippen molar-refractivity contribution in [3.63, 3.8) is 0 Å². The lowest BCUT2D eigenvalue weighted by molar-refractivity contribution is -0.115. The normalized spacial score (nSPS) is 10.2. The molecule has 0 saturated carbocycles. The van der Waals surface area contributed by atoms with Crippen molar-refractivity contribution in [3.8, 4) is 0 Å². The van der Waals surface area contributed by atoms with E-state index in [0.717, 1.165) is 18.2 Å². The molecular weight excluding hydrogens is 323 g/mol. The fraction of sp³-hybridized carbons (Fsp3) is 0.125. The highest BCUT2D eigenvalue weighted by molar-refractivity contribution is 5.94. The quantitative estimate of drug-likeness (QED) is 0.785. The Bertz CT molecular complexity index is 761. The minimum atomic E-state index is -0.827. The molecule has 0 heterocycles. The molecular formula is C16H14F3N3O2. The first-order valence-electron chi connectivity index (χ1n) is 6.90. The number of carbonyl (C=O) groups is 2. The van der Waals surface area contributed by atoms with Crippen LogP contribution in [0.3, 0.4) is 0 Å². The smallest absolute Gasteiger partial charge is 0.243 e. The van der Waals surface area contributed by atoms with Gasteiger partial charge in [-0.2, -0.15) is 0 Å². The maximum absolute atomic E-state index is 13.7. The van der Waals surface area contributed by atoms with Crippen molar-refractivity contribution < 1.29 is 22.8 Å². The van der Waals surface area contributed by atoms with E-state index in [1.54, 1.807) is 0 Å². The molecule has 0 spiro atoms. The van der Waals surface area contributed by atoms with Crippen LogP contribution < -0.4 is 16.0 Å². The van der Waals surface area contributed by atoms with Gasteiger partial charge < -0.3 is 16.0 Å². The SMILES string of the molecule is CC(=O)Nc1ccc(F)c(NCC(=O)Nc2cc(F)cc(F)c2)c1. The first-order chi connectivity index (χ1) is 11.3. The van der Waals surface area contributed by atoms with Crippen molar-refractivity contribution in [1.82, 2.24) is 0 Å². The highest BCUT2D eigenvalue weighted by atomic mass is 19.1. The van der Waals surface area contributed by atoms with Crippen molar-refractivity contribution >= 4 is 28.9 Å². The second kappa shape index (κ2) is 7.49. The summed E-state index contributed by atoms with van der Waals surface area (Å²) in [5.74, 6) is -3.21. The minimum Gasteiger partial charge on any atom is -0.374 e. The zero-order chi connectivity index (χ0) is 17.7. The molecule has 3 N–H and O–H groups in total. The lowest BCUT2D eigenvalue weighted by atomic mass is 10.2. The number of nitrogens with one attached hydrogen (secondary N) is 3. The number of halogens is 3. The highest BCUT2D eigenvalue weighted by Crippen LogP contribution is 2.19. The van der Waals surface area contributed by atoms with Gasteiger partial charge in [-0.25, -0.2) is 13.2 Å². The fourth-order valence-electron chi connectivity index (χ4n) is 1.95. The summed E-state index contributed by atoms with van der Waals surface area (Å²) in [6.45, 7) is 0.973. The number of hydrogen-bond acceptors (Lipinski definition) is 3. The van der Waals surface area contributed by atoms with E-state index < -0.39 is 23.4 Å². The highest BCUT2D eigenvalue weighted by Gasteiger charge is 2.08. The fourth-order valence-corrected chi connectivity index (χ4v) is 1.95. The topological polar surface area (TPSA) is 70.2 Å².